The van der Waals surface area contributed by atoms with Crippen LogP contribution < -0.4 is 5.32 Å². The van der Waals surface area contributed by atoms with Gasteiger partial charge in [-0.15, -0.1) is 0 Å². The summed E-state index contributed by atoms with van der Waals surface area (Å²) in [6.07, 6.45) is 32.8. The summed E-state index contributed by atoms with van der Waals surface area (Å²) < 4.78 is 22.7. The summed E-state index contributed by atoms with van der Waals surface area (Å²) in [5.74, 6) is -0.236. The quantitative estimate of drug-likeness (QED) is 0.0205. The summed E-state index contributed by atoms with van der Waals surface area (Å²) in [5.41, 5.74) is 0. The molecule has 12 atom stereocenters. The van der Waals surface area contributed by atoms with E-state index in [1.165, 1.54) is 186 Å². The van der Waals surface area contributed by atoms with Gasteiger partial charge in [-0.1, -0.05) is 238 Å². The Kier molecular flexibility index (Phi) is 40.7. The van der Waals surface area contributed by atoms with Crippen molar-refractivity contribution in [2.45, 2.75) is 325 Å². The molecule has 0 aromatic heterocycles. The zero-order chi connectivity index (χ0) is 51.7. The van der Waals surface area contributed by atoms with E-state index in [1.807, 2.05) is 6.08 Å². The number of amides is 1. The van der Waals surface area contributed by atoms with Crippen LogP contribution in [-0.4, -0.2) is 140 Å². The number of hydrogen-bond donors (Lipinski definition) is 9. The lowest BCUT2D eigenvalue weighted by Gasteiger charge is -2.46. The molecule has 0 aliphatic carbocycles. The molecule has 2 aliphatic heterocycles. The van der Waals surface area contributed by atoms with Crippen molar-refractivity contribution < 1.29 is 64.6 Å². The normalized spacial score (nSPS) is 25.8. The number of aliphatic hydroxyl groups is 8. The van der Waals surface area contributed by atoms with Crippen LogP contribution >= 0.6 is 0 Å². The SMILES string of the molecule is CCCCCCCCCC/C=C/C(O)C(COC1OC(CO)C(OC2OC(CO)C(O)C(O)C2O)C(O)C1O)NC(=O)CCCCCCCCCCCCCCCCCCCCCCCCCCCCC. The third-order valence-corrected chi connectivity index (χ3v) is 14.7. The average Bonchev–Trinajstić information content (AvgIpc) is 3.37. The third kappa shape index (κ3) is 30.2. The van der Waals surface area contributed by atoms with Crippen LogP contribution in [0.1, 0.15) is 251 Å². The topological polar surface area (TPSA) is 228 Å². The van der Waals surface area contributed by atoms with E-state index >= 15 is 0 Å². The van der Waals surface area contributed by atoms with E-state index in [0.29, 0.717) is 6.42 Å². The molecule has 2 heterocycles. The number of allylic oxidation sites excluding steroid dienone is 1. The van der Waals surface area contributed by atoms with Crippen LogP contribution in [0.5, 0.6) is 0 Å². The Hall–Kier alpha value is -1.27. The third-order valence-electron chi connectivity index (χ3n) is 14.7. The molecule has 0 aromatic carbocycles. The number of hydrogen-bond acceptors (Lipinski definition) is 13. The first-order valence-electron chi connectivity index (χ1n) is 29.4. The monoisotopic (exact) mass is 1020 g/mol. The number of nitrogens with one attached hydrogen (secondary N) is 1. The molecule has 71 heavy (non-hydrogen) atoms. The molecule has 0 bridgehead atoms. The second-order valence-corrected chi connectivity index (χ2v) is 21.1. The molecule has 12 unspecified atom stereocenters. The van der Waals surface area contributed by atoms with Crippen molar-refractivity contribution in [2.75, 3.05) is 19.8 Å². The maximum absolute atomic E-state index is 13.2. The van der Waals surface area contributed by atoms with E-state index in [1.54, 1.807) is 6.08 Å². The molecule has 0 radical (unpaired) electrons. The van der Waals surface area contributed by atoms with Gasteiger partial charge in [-0.3, -0.25) is 4.79 Å². The van der Waals surface area contributed by atoms with Gasteiger partial charge in [0.1, 0.15) is 48.8 Å². The van der Waals surface area contributed by atoms with E-state index in [9.17, 15) is 45.6 Å². The van der Waals surface area contributed by atoms with Crippen LogP contribution in [0.3, 0.4) is 0 Å². The van der Waals surface area contributed by atoms with Crippen LogP contribution in [0.15, 0.2) is 12.2 Å². The van der Waals surface area contributed by atoms with E-state index in [0.717, 1.165) is 38.5 Å². The minimum absolute atomic E-state index is 0.236. The van der Waals surface area contributed by atoms with Gasteiger partial charge < -0.3 is 65.1 Å². The fourth-order valence-electron chi connectivity index (χ4n) is 9.94. The van der Waals surface area contributed by atoms with Gasteiger partial charge in [0.15, 0.2) is 12.6 Å². The Balaban J connectivity index is 1.66. The Morgan fingerprint density at radius 3 is 1.30 bits per heavy atom. The molecule has 2 rings (SSSR count). The molecule has 2 aliphatic rings. The Morgan fingerprint density at radius 1 is 0.493 bits per heavy atom. The fraction of sp³-hybridized carbons (Fsp3) is 0.947. The second kappa shape index (κ2) is 43.9. The summed E-state index contributed by atoms with van der Waals surface area (Å²) >= 11 is 0. The summed E-state index contributed by atoms with van der Waals surface area (Å²) in [6.45, 7) is 2.79. The van der Waals surface area contributed by atoms with Gasteiger partial charge in [-0.2, -0.15) is 0 Å². The van der Waals surface area contributed by atoms with Gasteiger partial charge in [0.2, 0.25) is 5.91 Å². The number of aliphatic hydroxyl groups excluding tert-OH is 8. The van der Waals surface area contributed by atoms with E-state index in [-0.39, 0.29) is 18.9 Å². The van der Waals surface area contributed by atoms with E-state index in [2.05, 4.69) is 19.2 Å². The van der Waals surface area contributed by atoms with Crippen LogP contribution in [0.25, 0.3) is 0 Å². The fourth-order valence-corrected chi connectivity index (χ4v) is 9.94. The minimum atomic E-state index is -1.78. The highest BCUT2D eigenvalue weighted by atomic mass is 16.7. The van der Waals surface area contributed by atoms with E-state index in [4.69, 9.17) is 18.9 Å². The first-order chi connectivity index (χ1) is 34.6. The Labute approximate surface area is 431 Å². The number of carbonyl (C=O) groups excluding carboxylic acids is 1. The highest BCUT2D eigenvalue weighted by Crippen LogP contribution is 2.30. The molecule has 14 nitrogen and oxygen atoms in total. The van der Waals surface area contributed by atoms with Crippen molar-refractivity contribution in [3.8, 4) is 0 Å². The van der Waals surface area contributed by atoms with E-state index < -0.39 is 86.8 Å². The van der Waals surface area contributed by atoms with Gasteiger partial charge in [0, 0.05) is 6.42 Å². The lowest BCUT2D eigenvalue weighted by molar-refractivity contribution is -0.359. The van der Waals surface area contributed by atoms with Gasteiger partial charge >= 0.3 is 0 Å². The molecular formula is C57H109NO13. The predicted molar refractivity (Wildman–Crippen MR) is 282 cm³/mol. The van der Waals surface area contributed by atoms with Crippen molar-refractivity contribution in [3.05, 3.63) is 12.2 Å². The predicted octanol–water partition coefficient (Wildman–Crippen LogP) is 9.50. The van der Waals surface area contributed by atoms with Crippen LogP contribution in [-0.2, 0) is 23.7 Å². The lowest BCUT2D eigenvalue weighted by atomic mass is 9.97. The summed E-state index contributed by atoms with van der Waals surface area (Å²) in [7, 11) is 0. The first-order valence-corrected chi connectivity index (χ1v) is 29.4. The molecule has 420 valence electrons. The minimum Gasteiger partial charge on any atom is -0.394 e. The van der Waals surface area contributed by atoms with Crippen LogP contribution in [0.2, 0.25) is 0 Å². The van der Waals surface area contributed by atoms with Crippen molar-refractivity contribution in [1.29, 1.82) is 0 Å². The number of unbranched alkanes of at least 4 members (excludes halogenated alkanes) is 34. The van der Waals surface area contributed by atoms with Gasteiger partial charge in [0.05, 0.1) is 32.0 Å². The van der Waals surface area contributed by atoms with Crippen molar-refractivity contribution in [3.63, 3.8) is 0 Å². The van der Waals surface area contributed by atoms with Gasteiger partial charge in [-0.25, -0.2) is 0 Å². The summed E-state index contributed by atoms with van der Waals surface area (Å²) in [6, 6.07) is -0.908. The molecule has 1 amide bonds. The number of rotatable bonds is 47. The van der Waals surface area contributed by atoms with Crippen molar-refractivity contribution in [2.24, 2.45) is 0 Å². The molecule has 0 spiro atoms. The number of ether oxygens (including phenoxy) is 4. The maximum atomic E-state index is 13.2. The Morgan fingerprint density at radius 2 is 0.873 bits per heavy atom. The van der Waals surface area contributed by atoms with Gasteiger partial charge in [-0.05, 0) is 19.3 Å². The molecule has 0 aromatic rings. The first kappa shape index (κ1) is 65.8. The van der Waals surface area contributed by atoms with Crippen LogP contribution in [0, 0.1) is 0 Å². The molecular weight excluding hydrogens is 907 g/mol. The molecule has 9 N–H and O–H groups in total. The lowest BCUT2D eigenvalue weighted by Crippen LogP contribution is -2.65. The number of carbonyl (C=O) groups is 1. The molecule has 2 fully saturated rings. The summed E-state index contributed by atoms with van der Waals surface area (Å²) in [5, 5.41) is 86.8. The smallest absolute Gasteiger partial charge is 0.220 e. The van der Waals surface area contributed by atoms with Crippen molar-refractivity contribution in [1.82, 2.24) is 5.32 Å². The zero-order valence-corrected chi connectivity index (χ0v) is 45.0. The molecule has 14 heteroatoms. The largest absolute Gasteiger partial charge is 0.394 e. The van der Waals surface area contributed by atoms with Gasteiger partial charge in [0.25, 0.3) is 0 Å². The Bertz CT molecular complexity index is 1240. The van der Waals surface area contributed by atoms with Crippen LogP contribution in [0.4, 0.5) is 0 Å². The molecule has 2 saturated heterocycles. The standard InChI is InChI=1S/C57H109NO13/c1-3-5-7-9-11-13-15-16-17-18-19-20-21-22-23-24-25-26-27-28-29-30-31-33-35-37-39-41-49(62)58-45(46(61)40-38-36-34-32-14-12-10-8-6-4-2)44-68-56-54(67)52(65)55(48(43-60)70-56)71-57-53(66)51(64)50(63)47(42-59)69-57/h38,40,45-48,50-57,59-61,63-67H,3-37,39,41-44H2,1-2H3,(H,58,62)/b40-38+. The highest BCUT2D eigenvalue weighted by Gasteiger charge is 2.51. The molecule has 0 saturated carbocycles. The summed E-state index contributed by atoms with van der Waals surface area (Å²) in [4.78, 5) is 13.2. The maximum Gasteiger partial charge on any atom is 0.220 e. The average molecular weight is 1020 g/mol. The zero-order valence-electron chi connectivity index (χ0n) is 45.0. The highest BCUT2D eigenvalue weighted by molar-refractivity contribution is 5.76. The van der Waals surface area contributed by atoms with Crippen molar-refractivity contribution >= 4 is 5.91 Å². The second-order valence-electron chi connectivity index (χ2n) is 21.1.